The van der Waals surface area contributed by atoms with Gasteiger partial charge in [-0.15, -0.1) is 5.10 Å². The number of H-pyrrole nitrogens is 1. The van der Waals surface area contributed by atoms with E-state index in [0.717, 1.165) is 17.8 Å². The molecule has 3 aromatic rings. The predicted molar refractivity (Wildman–Crippen MR) is 83.7 cm³/mol. The number of halogens is 3. The van der Waals surface area contributed by atoms with Crippen molar-refractivity contribution in [3.8, 4) is 0 Å². The number of aromatic nitrogens is 3. The van der Waals surface area contributed by atoms with E-state index in [4.69, 9.17) is 4.42 Å². The first-order valence-electron chi connectivity index (χ1n) is 7.19. The Bertz CT molecular complexity index is 936. The quantitative estimate of drug-likeness (QED) is 0.519. The van der Waals surface area contributed by atoms with E-state index in [1.54, 1.807) is 0 Å². The molecule has 1 aromatic carbocycles. The number of furan rings is 1. The number of nitrogens with zero attached hydrogens (tertiary/aromatic N) is 2. The third-order valence-corrected chi connectivity index (χ3v) is 4.26. The zero-order valence-corrected chi connectivity index (χ0v) is 13.7. The van der Waals surface area contributed by atoms with Crippen molar-refractivity contribution in [2.45, 2.75) is 22.6 Å². The molecule has 0 saturated carbocycles. The molecule has 2 heterocycles. The molecule has 0 amide bonds. The van der Waals surface area contributed by atoms with Crippen LogP contribution in [-0.2, 0) is 17.4 Å². The SMILES string of the molecule is O=C(Cc1coc(Sc2ccccc2C(F)(F)F)c1)C(=O)c1nc[nH]n1. The number of Topliss-reactive ketones (excluding diaryl/α,β-unsaturated/α-hetero) is 2. The van der Waals surface area contributed by atoms with Crippen LogP contribution in [0, 0.1) is 0 Å². The van der Waals surface area contributed by atoms with Gasteiger partial charge in [0.1, 0.15) is 6.33 Å². The number of aromatic amines is 1. The molecule has 0 saturated heterocycles. The van der Waals surface area contributed by atoms with Gasteiger partial charge >= 0.3 is 6.18 Å². The van der Waals surface area contributed by atoms with Crippen molar-refractivity contribution < 1.29 is 27.2 Å². The topological polar surface area (TPSA) is 88.9 Å². The Hall–Kier alpha value is -2.88. The fourth-order valence-corrected chi connectivity index (χ4v) is 3.07. The van der Waals surface area contributed by atoms with Gasteiger partial charge in [0.25, 0.3) is 5.78 Å². The van der Waals surface area contributed by atoms with Crippen LogP contribution in [0.4, 0.5) is 13.2 Å². The molecule has 0 bridgehead atoms. The lowest BCUT2D eigenvalue weighted by atomic mass is 10.1. The molecule has 0 fully saturated rings. The van der Waals surface area contributed by atoms with E-state index < -0.39 is 23.3 Å². The molecule has 0 aliphatic rings. The second kappa shape index (κ2) is 7.16. The van der Waals surface area contributed by atoms with Gasteiger partial charge in [-0.25, -0.2) is 4.98 Å². The summed E-state index contributed by atoms with van der Waals surface area (Å²) in [6.45, 7) is 0. The number of nitrogens with one attached hydrogen (secondary N) is 1. The zero-order valence-electron chi connectivity index (χ0n) is 12.9. The highest BCUT2D eigenvalue weighted by atomic mass is 32.2. The standard InChI is InChI=1S/C16H10F3N3O3S/c17-16(18,19)10-3-1-2-4-12(10)26-13-6-9(7-25-13)5-11(23)14(24)15-20-8-21-22-15/h1-4,6-8H,5H2,(H,20,21,22). The second-order valence-corrected chi connectivity index (χ2v) is 6.17. The van der Waals surface area contributed by atoms with Crippen molar-refractivity contribution >= 4 is 23.3 Å². The molecule has 6 nitrogen and oxygen atoms in total. The van der Waals surface area contributed by atoms with Crippen LogP contribution in [0.3, 0.4) is 0 Å². The monoisotopic (exact) mass is 381 g/mol. The van der Waals surface area contributed by atoms with Crippen LogP contribution in [-0.4, -0.2) is 26.7 Å². The highest BCUT2D eigenvalue weighted by molar-refractivity contribution is 7.99. The lowest BCUT2D eigenvalue weighted by molar-refractivity contribution is -0.139. The molecule has 1 N–H and O–H groups in total. The second-order valence-electron chi connectivity index (χ2n) is 5.12. The summed E-state index contributed by atoms with van der Waals surface area (Å²) in [5.74, 6) is -1.85. The van der Waals surface area contributed by atoms with E-state index in [9.17, 15) is 22.8 Å². The summed E-state index contributed by atoms with van der Waals surface area (Å²) in [6.07, 6.45) is -2.36. The number of ketones is 2. The molecule has 0 atom stereocenters. The minimum atomic E-state index is -4.49. The normalized spacial score (nSPS) is 11.5. The Morgan fingerprint density at radius 3 is 2.69 bits per heavy atom. The summed E-state index contributed by atoms with van der Waals surface area (Å²) < 4.78 is 44.2. The van der Waals surface area contributed by atoms with Gasteiger partial charge in [0, 0.05) is 11.3 Å². The van der Waals surface area contributed by atoms with Gasteiger partial charge in [-0.05, 0) is 23.8 Å². The maximum absolute atomic E-state index is 13.0. The minimum Gasteiger partial charge on any atom is -0.457 e. The molecule has 10 heteroatoms. The molecular formula is C16H10F3N3O3S. The lowest BCUT2D eigenvalue weighted by Gasteiger charge is -2.10. The van der Waals surface area contributed by atoms with E-state index in [1.165, 1.54) is 36.9 Å². The number of carbonyl (C=O) groups excluding carboxylic acids is 2. The number of carbonyl (C=O) groups is 2. The molecule has 3 rings (SSSR count). The van der Waals surface area contributed by atoms with Crippen LogP contribution < -0.4 is 0 Å². The molecule has 0 spiro atoms. The summed E-state index contributed by atoms with van der Waals surface area (Å²) in [5, 5.41) is 6.04. The fourth-order valence-electron chi connectivity index (χ4n) is 2.11. The van der Waals surface area contributed by atoms with Gasteiger partial charge < -0.3 is 4.42 Å². The van der Waals surface area contributed by atoms with E-state index >= 15 is 0 Å². The smallest absolute Gasteiger partial charge is 0.417 e. The summed E-state index contributed by atoms with van der Waals surface area (Å²) in [4.78, 5) is 27.3. The van der Waals surface area contributed by atoms with Crippen LogP contribution in [0.5, 0.6) is 0 Å². The minimum absolute atomic E-state index is 0.0241. The Morgan fingerprint density at radius 1 is 1.23 bits per heavy atom. The highest BCUT2D eigenvalue weighted by Crippen LogP contribution is 2.39. The molecule has 0 unspecified atom stereocenters. The number of benzene rings is 1. The van der Waals surface area contributed by atoms with Crippen LogP contribution in [0.2, 0.25) is 0 Å². The molecule has 134 valence electrons. The van der Waals surface area contributed by atoms with Crippen LogP contribution in [0.25, 0.3) is 0 Å². The third kappa shape index (κ3) is 4.02. The first-order valence-corrected chi connectivity index (χ1v) is 8.01. The Labute approximate surface area is 148 Å². The fraction of sp³-hybridized carbons (Fsp3) is 0.125. The van der Waals surface area contributed by atoms with Crippen molar-refractivity contribution in [2.75, 3.05) is 0 Å². The summed E-state index contributed by atoms with van der Waals surface area (Å²) in [7, 11) is 0. The van der Waals surface area contributed by atoms with Crippen molar-refractivity contribution in [3.05, 3.63) is 59.9 Å². The van der Waals surface area contributed by atoms with Crippen molar-refractivity contribution in [3.63, 3.8) is 0 Å². The summed E-state index contributed by atoms with van der Waals surface area (Å²) in [5.41, 5.74) is -0.412. The van der Waals surface area contributed by atoms with Crippen molar-refractivity contribution in [1.29, 1.82) is 0 Å². The largest absolute Gasteiger partial charge is 0.457 e. The average Bonchev–Trinajstić information content (AvgIpc) is 3.26. The van der Waals surface area contributed by atoms with Crippen LogP contribution in [0.15, 0.2) is 57.3 Å². The van der Waals surface area contributed by atoms with Crippen LogP contribution in [0.1, 0.15) is 21.7 Å². The van der Waals surface area contributed by atoms with E-state index in [2.05, 4.69) is 15.2 Å². The van der Waals surface area contributed by atoms with Crippen molar-refractivity contribution in [2.24, 2.45) is 0 Å². The van der Waals surface area contributed by atoms with Gasteiger partial charge in [-0.1, -0.05) is 23.9 Å². The van der Waals surface area contributed by atoms with Crippen molar-refractivity contribution in [1.82, 2.24) is 15.2 Å². The number of alkyl halides is 3. The van der Waals surface area contributed by atoms with E-state index in [-0.39, 0.29) is 22.2 Å². The first-order chi connectivity index (χ1) is 12.3. The predicted octanol–water partition coefficient (Wildman–Crippen LogP) is 3.56. The summed E-state index contributed by atoms with van der Waals surface area (Å²) >= 11 is 0.783. The maximum Gasteiger partial charge on any atom is 0.417 e. The maximum atomic E-state index is 13.0. The van der Waals surface area contributed by atoms with Gasteiger partial charge in [-0.3, -0.25) is 14.7 Å². The zero-order chi connectivity index (χ0) is 18.7. The molecule has 0 radical (unpaired) electrons. The highest BCUT2D eigenvalue weighted by Gasteiger charge is 2.33. The molecule has 0 aliphatic heterocycles. The Balaban J connectivity index is 1.71. The van der Waals surface area contributed by atoms with Gasteiger partial charge in [0.2, 0.25) is 11.6 Å². The Kier molecular flexibility index (Phi) is 4.94. The lowest BCUT2D eigenvalue weighted by Crippen LogP contribution is -2.17. The van der Waals surface area contributed by atoms with E-state index in [0.29, 0.717) is 5.56 Å². The van der Waals surface area contributed by atoms with Gasteiger partial charge in [0.15, 0.2) is 5.09 Å². The number of hydrogen-bond donors (Lipinski definition) is 1. The number of hydrogen-bond acceptors (Lipinski definition) is 6. The molecule has 26 heavy (non-hydrogen) atoms. The third-order valence-electron chi connectivity index (χ3n) is 3.27. The van der Waals surface area contributed by atoms with Crippen LogP contribution >= 0.6 is 11.8 Å². The Morgan fingerprint density at radius 2 is 2.00 bits per heavy atom. The van der Waals surface area contributed by atoms with Gasteiger partial charge in [-0.2, -0.15) is 13.2 Å². The summed E-state index contributed by atoms with van der Waals surface area (Å²) in [6, 6.07) is 6.51. The average molecular weight is 381 g/mol. The van der Waals surface area contributed by atoms with E-state index in [1.807, 2.05) is 0 Å². The molecule has 0 aliphatic carbocycles. The number of rotatable bonds is 6. The van der Waals surface area contributed by atoms with Gasteiger partial charge in [0.05, 0.1) is 11.8 Å². The molecule has 2 aromatic heterocycles. The first kappa shape index (κ1) is 17.9. The molecular weight excluding hydrogens is 371 g/mol.